The number of carbonyl (C=O) groups is 2. The number of piperazine rings is 1. The van der Waals surface area contributed by atoms with Crippen LogP contribution in [0.1, 0.15) is 6.92 Å². The molecule has 8 heteroatoms. The van der Waals surface area contributed by atoms with E-state index in [2.05, 4.69) is 10.2 Å². The van der Waals surface area contributed by atoms with Crippen molar-refractivity contribution in [1.29, 1.82) is 0 Å². The second-order valence-electron chi connectivity index (χ2n) is 6.42. The van der Waals surface area contributed by atoms with E-state index in [1.54, 1.807) is 19.1 Å². The maximum absolute atomic E-state index is 12.5. The number of para-hydroxylation sites is 1. The van der Waals surface area contributed by atoms with E-state index in [1.807, 2.05) is 35.2 Å². The normalized spacial score (nSPS) is 14.1. The van der Waals surface area contributed by atoms with Gasteiger partial charge in [-0.15, -0.1) is 11.8 Å². The lowest BCUT2D eigenvalue weighted by molar-refractivity contribution is -0.129. The van der Waals surface area contributed by atoms with Crippen LogP contribution in [-0.4, -0.2) is 48.6 Å². The Morgan fingerprint density at radius 1 is 1.04 bits per heavy atom. The SMILES string of the molecule is CC(=O)N1CCN(c2c(Cl)cccc2NC(=O)CSc2ccc(Cl)cc2)CC1. The lowest BCUT2D eigenvalue weighted by Crippen LogP contribution is -2.48. The van der Waals surface area contributed by atoms with E-state index in [0.29, 0.717) is 41.9 Å². The smallest absolute Gasteiger partial charge is 0.234 e. The number of carbonyl (C=O) groups excluding carboxylic acids is 2. The van der Waals surface area contributed by atoms with Crippen molar-refractivity contribution in [3.63, 3.8) is 0 Å². The van der Waals surface area contributed by atoms with Crippen molar-refractivity contribution in [3.8, 4) is 0 Å². The fraction of sp³-hybridized carbons (Fsp3) is 0.300. The number of rotatable bonds is 5. The highest BCUT2D eigenvalue weighted by Crippen LogP contribution is 2.35. The van der Waals surface area contributed by atoms with Crippen LogP contribution in [0.25, 0.3) is 0 Å². The van der Waals surface area contributed by atoms with Crippen molar-refractivity contribution in [1.82, 2.24) is 4.90 Å². The summed E-state index contributed by atoms with van der Waals surface area (Å²) < 4.78 is 0. The van der Waals surface area contributed by atoms with Crippen molar-refractivity contribution in [2.75, 3.05) is 42.1 Å². The summed E-state index contributed by atoms with van der Waals surface area (Å²) in [6.07, 6.45) is 0. The summed E-state index contributed by atoms with van der Waals surface area (Å²) >= 11 is 13.8. The second kappa shape index (κ2) is 9.54. The molecule has 1 N–H and O–H groups in total. The Hall–Kier alpha value is -1.89. The minimum atomic E-state index is -0.106. The topological polar surface area (TPSA) is 52.7 Å². The number of nitrogens with one attached hydrogen (secondary N) is 1. The number of nitrogens with zero attached hydrogens (tertiary/aromatic N) is 2. The van der Waals surface area contributed by atoms with Gasteiger partial charge in [-0.05, 0) is 36.4 Å². The van der Waals surface area contributed by atoms with Crippen LogP contribution in [0.4, 0.5) is 11.4 Å². The highest BCUT2D eigenvalue weighted by molar-refractivity contribution is 8.00. The van der Waals surface area contributed by atoms with Gasteiger partial charge < -0.3 is 15.1 Å². The highest BCUT2D eigenvalue weighted by atomic mass is 35.5. The second-order valence-corrected chi connectivity index (χ2v) is 8.31. The molecule has 28 heavy (non-hydrogen) atoms. The van der Waals surface area contributed by atoms with Gasteiger partial charge in [0.2, 0.25) is 11.8 Å². The third kappa shape index (κ3) is 5.34. The van der Waals surface area contributed by atoms with Crippen LogP contribution in [0.3, 0.4) is 0 Å². The molecule has 2 aromatic rings. The van der Waals surface area contributed by atoms with E-state index in [-0.39, 0.29) is 17.6 Å². The minimum absolute atomic E-state index is 0.0755. The van der Waals surface area contributed by atoms with Gasteiger partial charge >= 0.3 is 0 Å². The molecule has 0 atom stereocenters. The Morgan fingerprint density at radius 2 is 1.71 bits per heavy atom. The van der Waals surface area contributed by atoms with E-state index in [0.717, 1.165) is 10.6 Å². The molecule has 148 valence electrons. The molecule has 0 saturated carbocycles. The molecule has 3 rings (SSSR count). The molecule has 0 unspecified atom stereocenters. The molecule has 1 saturated heterocycles. The van der Waals surface area contributed by atoms with E-state index >= 15 is 0 Å². The van der Waals surface area contributed by atoms with Crippen LogP contribution < -0.4 is 10.2 Å². The summed E-state index contributed by atoms with van der Waals surface area (Å²) in [4.78, 5) is 28.9. The number of amides is 2. The molecule has 1 fully saturated rings. The fourth-order valence-corrected chi connectivity index (χ4v) is 4.17. The molecule has 0 spiro atoms. The lowest BCUT2D eigenvalue weighted by atomic mass is 10.2. The van der Waals surface area contributed by atoms with Crippen LogP contribution in [-0.2, 0) is 9.59 Å². The maximum atomic E-state index is 12.5. The third-order valence-electron chi connectivity index (χ3n) is 4.49. The number of halogens is 2. The average Bonchev–Trinajstić information content (AvgIpc) is 2.68. The molecule has 0 bridgehead atoms. The highest BCUT2D eigenvalue weighted by Gasteiger charge is 2.23. The summed E-state index contributed by atoms with van der Waals surface area (Å²) in [7, 11) is 0. The summed E-state index contributed by atoms with van der Waals surface area (Å²) in [6, 6.07) is 12.9. The summed E-state index contributed by atoms with van der Waals surface area (Å²) in [5.41, 5.74) is 1.49. The largest absolute Gasteiger partial charge is 0.365 e. The Bertz CT molecular complexity index is 853. The van der Waals surface area contributed by atoms with E-state index < -0.39 is 0 Å². The van der Waals surface area contributed by atoms with Crippen molar-refractivity contribution in [3.05, 3.63) is 52.5 Å². The van der Waals surface area contributed by atoms with Crippen LogP contribution >= 0.6 is 35.0 Å². The fourth-order valence-electron chi connectivity index (χ4n) is 3.05. The molecule has 1 aliphatic heterocycles. The van der Waals surface area contributed by atoms with Crippen LogP contribution in [0, 0.1) is 0 Å². The van der Waals surface area contributed by atoms with Gasteiger partial charge in [0.15, 0.2) is 0 Å². The van der Waals surface area contributed by atoms with Gasteiger partial charge in [0.05, 0.1) is 22.2 Å². The monoisotopic (exact) mass is 437 g/mol. The molecule has 5 nitrogen and oxygen atoms in total. The molecule has 1 heterocycles. The Labute approximate surface area is 179 Å². The van der Waals surface area contributed by atoms with Crippen LogP contribution in [0.15, 0.2) is 47.4 Å². The standard InChI is InChI=1S/C20H21Cl2N3O2S/c1-14(26)24-9-11-25(12-10-24)20-17(22)3-2-4-18(20)23-19(27)13-28-16-7-5-15(21)6-8-16/h2-8H,9-13H2,1H3,(H,23,27). The van der Waals surface area contributed by atoms with Gasteiger partial charge in [-0.25, -0.2) is 0 Å². The third-order valence-corrected chi connectivity index (χ3v) is 6.05. The predicted octanol–water partition coefficient (Wildman–Crippen LogP) is 4.39. The quantitative estimate of drug-likeness (QED) is 0.704. The van der Waals surface area contributed by atoms with Crippen LogP contribution in [0.5, 0.6) is 0 Å². The zero-order valence-electron chi connectivity index (χ0n) is 15.5. The zero-order chi connectivity index (χ0) is 20.1. The van der Waals surface area contributed by atoms with Crippen LogP contribution in [0.2, 0.25) is 10.0 Å². The molecule has 2 amide bonds. The van der Waals surface area contributed by atoms with Gasteiger partial charge in [-0.3, -0.25) is 9.59 Å². The molecular weight excluding hydrogens is 417 g/mol. The summed E-state index contributed by atoms with van der Waals surface area (Å²) in [5, 5.41) is 4.22. The van der Waals surface area contributed by atoms with Gasteiger partial charge in [-0.2, -0.15) is 0 Å². The predicted molar refractivity (Wildman–Crippen MR) is 117 cm³/mol. The van der Waals surface area contributed by atoms with E-state index in [9.17, 15) is 9.59 Å². The number of hydrogen-bond donors (Lipinski definition) is 1. The molecule has 0 aromatic heterocycles. The Kier molecular flexibility index (Phi) is 7.10. The van der Waals surface area contributed by atoms with Gasteiger partial charge in [0, 0.05) is 43.0 Å². The average molecular weight is 438 g/mol. The number of thioether (sulfide) groups is 1. The Balaban J connectivity index is 1.65. The molecular formula is C20H21Cl2N3O2S. The first-order valence-corrected chi connectivity index (χ1v) is 10.7. The van der Waals surface area contributed by atoms with Crippen molar-refractivity contribution in [2.45, 2.75) is 11.8 Å². The number of anilines is 2. The van der Waals surface area contributed by atoms with Gasteiger partial charge in [0.1, 0.15) is 0 Å². The first kappa shape index (κ1) is 20.8. The first-order chi connectivity index (χ1) is 13.4. The van der Waals surface area contributed by atoms with Gasteiger partial charge in [0.25, 0.3) is 0 Å². The first-order valence-electron chi connectivity index (χ1n) is 8.91. The summed E-state index contributed by atoms with van der Waals surface area (Å²) in [5.74, 6) is 0.253. The Morgan fingerprint density at radius 3 is 2.36 bits per heavy atom. The molecule has 1 aliphatic rings. The van der Waals surface area contributed by atoms with Crippen molar-refractivity contribution in [2.24, 2.45) is 0 Å². The summed E-state index contributed by atoms with van der Waals surface area (Å²) in [6.45, 7) is 4.20. The molecule has 0 radical (unpaired) electrons. The van der Waals surface area contributed by atoms with E-state index in [4.69, 9.17) is 23.2 Å². The minimum Gasteiger partial charge on any atom is -0.365 e. The zero-order valence-corrected chi connectivity index (χ0v) is 17.8. The maximum Gasteiger partial charge on any atom is 0.234 e. The number of hydrogen-bond acceptors (Lipinski definition) is 4. The number of benzene rings is 2. The van der Waals surface area contributed by atoms with E-state index in [1.165, 1.54) is 11.8 Å². The van der Waals surface area contributed by atoms with Gasteiger partial charge in [-0.1, -0.05) is 29.3 Å². The molecule has 0 aliphatic carbocycles. The molecule has 2 aromatic carbocycles. The van der Waals surface area contributed by atoms with Crippen molar-refractivity contribution < 1.29 is 9.59 Å². The lowest BCUT2D eigenvalue weighted by Gasteiger charge is -2.37. The van der Waals surface area contributed by atoms with Crippen molar-refractivity contribution >= 4 is 58.2 Å².